The Hall–Kier alpha value is -0.710. The van der Waals surface area contributed by atoms with Crippen LogP contribution in [0.15, 0.2) is 0 Å². The van der Waals surface area contributed by atoms with Gasteiger partial charge in [-0.15, -0.1) is 11.8 Å². The quantitative estimate of drug-likeness (QED) is 0.785. The fourth-order valence-electron chi connectivity index (χ4n) is 2.00. The van der Waals surface area contributed by atoms with E-state index in [-0.39, 0.29) is 22.0 Å². The Kier molecular flexibility index (Phi) is 5.53. The molecule has 0 spiro atoms. The molecule has 1 aliphatic rings. The third kappa shape index (κ3) is 5.35. The molecule has 20 heavy (non-hydrogen) atoms. The first-order valence-corrected chi connectivity index (χ1v) is 8.20. The lowest BCUT2D eigenvalue weighted by molar-refractivity contribution is -0.144. The van der Waals surface area contributed by atoms with Crippen molar-refractivity contribution in [1.29, 1.82) is 0 Å². The minimum absolute atomic E-state index is 0.111. The third-order valence-corrected chi connectivity index (χ3v) is 4.45. The summed E-state index contributed by atoms with van der Waals surface area (Å²) in [5.41, 5.74) is -0.339. The normalized spacial score (nSPS) is 17.3. The van der Waals surface area contributed by atoms with Gasteiger partial charge in [-0.05, 0) is 0 Å². The minimum atomic E-state index is -0.339. The molecule has 0 atom stereocenters. The van der Waals surface area contributed by atoms with Crippen LogP contribution < -0.4 is 0 Å². The minimum Gasteiger partial charge on any atom is -0.339 e. The van der Waals surface area contributed by atoms with Gasteiger partial charge in [-0.1, -0.05) is 41.5 Å². The van der Waals surface area contributed by atoms with Crippen LogP contribution in [0.25, 0.3) is 0 Å². The number of nitrogens with zero attached hydrogens (tertiary/aromatic N) is 2. The molecular formula is C15H28N2O2S. The number of hydrogen-bond acceptors (Lipinski definition) is 3. The molecule has 5 heteroatoms. The van der Waals surface area contributed by atoms with E-state index in [1.807, 2.05) is 30.6 Å². The summed E-state index contributed by atoms with van der Waals surface area (Å²) in [7, 11) is 0. The van der Waals surface area contributed by atoms with Crippen LogP contribution in [-0.2, 0) is 9.59 Å². The molecule has 1 saturated heterocycles. The van der Waals surface area contributed by atoms with Crippen LogP contribution in [-0.4, -0.2) is 58.3 Å². The standard InChI is InChI=1S/C15H28N2O2S/c1-14(2,3)13(19)17-9-7-16(8-10-17)12(18)11-20-15(4,5)6/h7-11H2,1-6H3. The highest BCUT2D eigenvalue weighted by Gasteiger charge is 2.30. The number of piperazine rings is 1. The molecule has 0 unspecified atom stereocenters. The van der Waals surface area contributed by atoms with E-state index in [0.717, 1.165) is 0 Å². The van der Waals surface area contributed by atoms with Crippen molar-refractivity contribution in [3.8, 4) is 0 Å². The molecule has 2 amide bonds. The van der Waals surface area contributed by atoms with Crippen molar-refractivity contribution >= 4 is 23.6 Å². The summed E-state index contributed by atoms with van der Waals surface area (Å²) in [4.78, 5) is 28.0. The van der Waals surface area contributed by atoms with E-state index in [1.54, 1.807) is 11.8 Å². The molecule has 0 aromatic carbocycles. The van der Waals surface area contributed by atoms with Gasteiger partial charge in [0.05, 0.1) is 5.75 Å². The van der Waals surface area contributed by atoms with Crippen molar-refractivity contribution in [2.75, 3.05) is 31.9 Å². The van der Waals surface area contributed by atoms with E-state index in [9.17, 15) is 9.59 Å². The second-order valence-corrected chi connectivity index (χ2v) is 9.13. The highest BCUT2D eigenvalue weighted by atomic mass is 32.2. The van der Waals surface area contributed by atoms with Gasteiger partial charge >= 0.3 is 0 Å². The van der Waals surface area contributed by atoms with E-state index in [4.69, 9.17) is 0 Å². The molecular weight excluding hydrogens is 272 g/mol. The predicted octanol–water partition coefficient (Wildman–Crippen LogP) is 2.23. The Balaban J connectivity index is 2.42. The molecule has 0 saturated carbocycles. The Morgan fingerprint density at radius 3 is 1.75 bits per heavy atom. The van der Waals surface area contributed by atoms with Gasteiger partial charge in [-0.2, -0.15) is 0 Å². The maximum Gasteiger partial charge on any atom is 0.232 e. The second kappa shape index (κ2) is 6.37. The van der Waals surface area contributed by atoms with E-state index in [0.29, 0.717) is 31.9 Å². The first-order valence-electron chi connectivity index (χ1n) is 7.22. The van der Waals surface area contributed by atoms with Gasteiger partial charge in [0.25, 0.3) is 0 Å². The molecule has 1 rings (SSSR count). The van der Waals surface area contributed by atoms with Crippen LogP contribution in [0, 0.1) is 5.41 Å². The molecule has 0 radical (unpaired) electrons. The molecule has 1 heterocycles. The molecule has 0 N–H and O–H groups in total. The molecule has 0 aromatic rings. The van der Waals surface area contributed by atoms with Crippen molar-refractivity contribution in [2.24, 2.45) is 5.41 Å². The van der Waals surface area contributed by atoms with Gasteiger partial charge in [0.2, 0.25) is 11.8 Å². The van der Waals surface area contributed by atoms with Gasteiger partial charge in [0.15, 0.2) is 0 Å². The fourth-order valence-corrected chi connectivity index (χ4v) is 2.74. The Morgan fingerprint density at radius 1 is 0.900 bits per heavy atom. The molecule has 0 aliphatic carbocycles. The van der Waals surface area contributed by atoms with Gasteiger partial charge in [0.1, 0.15) is 0 Å². The summed E-state index contributed by atoms with van der Waals surface area (Å²) in [5.74, 6) is 0.887. The SMILES string of the molecule is CC(C)(C)SCC(=O)N1CCN(C(=O)C(C)(C)C)CC1. The highest BCUT2D eigenvalue weighted by molar-refractivity contribution is 8.01. The lowest BCUT2D eigenvalue weighted by Crippen LogP contribution is -2.53. The number of rotatable bonds is 2. The Bertz CT molecular complexity index is 361. The molecule has 4 nitrogen and oxygen atoms in total. The maximum absolute atomic E-state index is 12.2. The largest absolute Gasteiger partial charge is 0.339 e. The van der Waals surface area contributed by atoms with Crippen LogP contribution in [0.1, 0.15) is 41.5 Å². The number of amides is 2. The number of carbonyl (C=O) groups excluding carboxylic acids is 2. The van der Waals surface area contributed by atoms with E-state index in [2.05, 4.69) is 20.8 Å². The van der Waals surface area contributed by atoms with Crippen molar-refractivity contribution in [2.45, 2.75) is 46.3 Å². The number of carbonyl (C=O) groups is 2. The fraction of sp³-hybridized carbons (Fsp3) is 0.867. The number of thioether (sulfide) groups is 1. The van der Waals surface area contributed by atoms with Crippen LogP contribution in [0.2, 0.25) is 0 Å². The monoisotopic (exact) mass is 300 g/mol. The van der Waals surface area contributed by atoms with Crippen LogP contribution >= 0.6 is 11.8 Å². The number of hydrogen-bond donors (Lipinski definition) is 0. The Labute approximate surface area is 127 Å². The maximum atomic E-state index is 12.2. The average molecular weight is 300 g/mol. The summed E-state index contributed by atoms with van der Waals surface area (Å²) in [6.07, 6.45) is 0. The molecule has 1 fully saturated rings. The van der Waals surface area contributed by atoms with E-state index in [1.165, 1.54) is 0 Å². The zero-order valence-corrected chi connectivity index (χ0v) is 14.5. The summed E-state index contributed by atoms with van der Waals surface area (Å²) in [5, 5.41) is 0. The molecule has 0 bridgehead atoms. The van der Waals surface area contributed by atoms with Crippen molar-refractivity contribution < 1.29 is 9.59 Å². The van der Waals surface area contributed by atoms with Crippen molar-refractivity contribution in [3.05, 3.63) is 0 Å². The molecule has 116 valence electrons. The summed E-state index contributed by atoms with van der Waals surface area (Å²) in [6, 6.07) is 0. The van der Waals surface area contributed by atoms with Gasteiger partial charge < -0.3 is 9.80 Å². The molecule has 1 aliphatic heterocycles. The second-order valence-electron chi connectivity index (χ2n) is 7.32. The topological polar surface area (TPSA) is 40.6 Å². The van der Waals surface area contributed by atoms with Crippen LogP contribution in [0.3, 0.4) is 0 Å². The molecule has 0 aromatic heterocycles. The lowest BCUT2D eigenvalue weighted by Gasteiger charge is -2.37. The van der Waals surface area contributed by atoms with Gasteiger partial charge in [0, 0.05) is 36.3 Å². The van der Waals surface area contributed by atoms with Gasteiger partial charge in [-0.3, -0.25) is 9.59 Å². The zero-order valence-electron chi connectivity index (χ0n) is 13.7. The van der Waals surface area contributed by atoms with Crippen molar-refractivity contribution in [3.63, 3.8) is 0 Å². The summed E-state index contributed by atoms with van der Waals surface area (Å²) >= 11 is 1.67. The predicted molar refractivity (Wildman–Crippen MR) is 84.8 cm³/mol. The van der Waals surface area contributed by atoms with Crippen LogP contribution in [0.4, 0.5) is 0 Å². The van der Waals surface area contributed by atoms with E-state index < -0.39 is 0 Å². The average Bonchev–Trinajstić information content (AvgIpc) is 2.33. The first kappa shape index (κ1) is 17.3. The smallest absolute Gasteiger partial charge is 0.232 e. The Morgan fingerprint density at radius 2 is 1.35 bits per heavy atom. The highest BCUT2D eigenvalue weighted by Crippen LogP contribution is 2.24. The zero-order chi connectivity index (χ0) is 15.6. The van der Waals surface area contributed by atoms with Crippen molar-refractivity contribution in [1.82, 2.24) is 9.80 Å². The third-order valence-electron chi connectivity index (χ3n) is 3.19. The first-order chi connectivity index (χ1) is 9.00. The van der Waals surface area contributed by atoms with Gasteiger partial charge in [-0.25, -0.2) is 0 Å². The summed E-state index contributed by atoms with van der Waals surface area (Å²) in [6.45, 7) is 14.8. The van der Waals surface area contributed by atoms with Crippen LogP contribution in [0.5, 0.6) is 0 Å². The lowest BCUT2D eigenvalue weighted by atomic mass is 9.94. The van der Waals surface area contributed by atoms with E-state index >= 15 is 0 Å². The summed E-state index contributed by atoms with van der Waals surface area (Å²) < 4.78 is 0.111.